The third-order valence-corrected chi connectivity index (χ3v) is 5.71. The fraction of sp³-hybridized carbons (Fsp3) is 0.500. The number of ketones is 1. The zero-order chi connectivity index (χ0) is 23.8. The van der Waals surface area contributed by atoms with E-state index in [9.17, 15) is 9.59 Å². The molecule has 32 heavy (non-hydrogen) atoms. The molecule has 0 bridgehead atoms. The van der Waals surface area contributed by atoms with E-state index in [0.29, 0.717) is 18.5 Å². The summed E-state index contributed by atoms with van der Waals surface area (Å²) >= 11 is 0. The number of aryl methyl sites for hydroxylation is 2. The van der Waals surface area contributed by atoms with Crippen molar-refractivity contribution in [2.75, 3.05) is 20.6 Å². The van der Waals surface area contributed by atoms with Gasteiger partial charge in [-0.15, -0.1) is 0 Å². The summed E-state index contributed by atoms with van der Waals surface area (Å²) in [6.45, 7) is 7.28. The van der Waals surface area contributed by atoms with E-state index in [1.165, 1.54) is 11.1 Å². The van der Waals surface area contributed by atoms with Crippen LogP contribution in [-0.4, -0.2) is 63.5 Å². The number of amides is 1. The van der Waals surface area contributed by atoms with Gasteiger partial charge in [-0.1, -0.05) is 24.3 Å². The molecule has 1 aliphatic rings. The van der Waals surface area contributed by atoms with Gasteiger partial charge in [0.15, 0.2) is 5.78 Å². The van der Waals surface area contributed by atoms with Crippen LogP contribution in [0.3, 0.4) is 0 Å². The van der Waals surface area contributed by atoms with Gasteiger partial charge in [0.1, 0.15) is 0 Å². The van der Waals surface area contributed by atoms with Crippen molar-refractivity contribution in [3.05, 3.63) is 52.3 Å². The topological polar surface area (TPSA) is 95.7 Å². The van der Waals surface area contributed by atoms with Gasteiger partial charge in [-0.05, 0) is 58.8 Å². The van der Waals surface area contributed by atoms with Gasteiger partial charge in [0.05, 0.1) is 17.3 Å². The maximum absolute atomic E-state index is 13.0. The van der Waals surface area contributed by atoms with Crippen LogP contribution in [0.25, 0.3) is 0 Å². The second-order valence-electron chi connectivity index (χ2n) is 8.41. The third-order valence-electron chi connectivity index (χ3n) is 5.71. The van der Waals surface area contributed by atoms with Crippen molar-refractivity contribution in [2.45, 2.75) is 59.2 Å². The average Bonchev–Trinajstić information content (AvgIpc) is 3.31. The highest BCUT2D eigenvalue weighted by Gasteiger charge is 2.29. The van der Waals surface area contributed by atoms with Gasteiger partial charge in [-0.2, -0.15) is 5.10 Å². The molecule has 1 aliphatic heterocycles. The maximum Gasteiger partial charge on any atom is 0.290 e. The largest absolute Gasteiger partial charge is 0.483 e. The van der Waals surface area contributed by atoms with Crippen LogP contribution in [0.15, 0.2) is 24.3 Å². The van der Waals surface area contributed by atoms with Crippen molar-refractivity contribution in [1.29, 1.82) is 0 Å². The summed E-state index contributed by atoms with van der Waals surface area (Å²) in [6, 6.07) is 8.80. The van der Waals surface area contributed by atoms with E-state index in [0.717, 1.165) is 37.3 Å². The van der Waals surface area contributed by atoms with Crippen LogP contribution in [-0.2, 0) is 22.7 Å². The number of nitrogens with zero attached hydrogens (tertiary/aromatic N) is 4. The Kier molecular flexibility index (Phi) is 9.13. The van der Waals surface area contributed by atoms with Gasteiger partial charge in [0.2, 0.25) is 5.91 Å². The Morgan fingerprint density at radius 2 is 1.84 bits per heavy atom. The van der Waals surface area contributed by atoms with Crippen molar-refractivity contribution in [2.24, 2.45) is 0 Å². The Morgan fingerprint density at radius 1 is 1.22 bits per heavy atom. The van der Waals surface area contributed by atoms with E-state index >= 15 is 0 Å². The highest BCUT2D eigenvalue weighted by Crippen LogP contribution is 2.32. The number of aromatic nitrogens is 2. The highest BCUT2D eigenvalue weighted by molar-refractivity contribution is 5.96. The predicted molar refractivity (Wildman–Crippen MR) is 123 cm³/mol. The lowest BCUT2D eigenvalue weighted by molar-refractivity contribution is -0.132. The number of likely N-dealkylation sites (tertiary alicyclic amines) is 1. The quantitative estimate of drug-likeness (QED) is 0.523. The Bertz CT molecular complexity index is 934. The molecule has 1 aromatic heterocycles. The summed E-state index contributed by atoms with van der Waals surface area (Å²) in [7, 11) is 4.13. The molecule has 1 fully saturated rings. The summed E-state index contributed by atoms with van der Waals surface area (Å²) in [6.07, 6.45) is 2.44. The molecule has 0 radical (unpaired) electrons. The normalized spacial score (nSPS) is 15.4. The zero-order valence-electron chi connectivity index (χ0n) is 19.7. The number of carboxylic acid groups (broad SMARTS) is 1. The van der Waals surface area contributed by atoms with Crippen molar-refractivity contribution in [3.63, 3.8) is 0 Å². The number of hydrogen-bond donors (Lipinski definition) is 1. The molecule has 2 heterocycles. The van der Waals surface area contributed by atoms with Crippen LogP contribution >= 0.6 is 0 Å². The number of rotatable bonds is 7. The summed E-state index contributed by atoms with van der Waals surface area (Å²) in [5.41, 5.74) is 4.75. The second-order valence-corrected chi connectivity index (χ2v) is 8.41. The van der Waals surface area contributed by atoms with Crippen LogP contribution in [0.1, 0.15) is 65.1 Å². The molecule has 3 rings (SSSR count). The first-order valence-corrected chi connectivity index (χ1v) is 10.8. The standard InChI is InChI=1S/C23H32N4O2.CH2O2/c1-16-23(18(3)28)17(2)27(24-16)14-12-22(29)26-13-6-7-21(26)20-10-8-19(9-11-20)15-25(4)5;2-1-3/h8-11,21H,6-7,12-15H2,1-5H3;1H,(H,2,3). The van der Waals surface area contributed by atoms with Crippen LogP contribution < -0.4 is 0 Å². The SMILES string of the molecule is CC(=O)c1c(C)nn(CCC(=O)N2CCCC2c2ccc(CN(C)C)cc2)c1C.O=CO. The average molecular weight is 443 g/mol. The number of carbonyl (C=O) groups is 3. The van der Waals surface area contributed by atoms with Crippen molar-refractivity contribution in [3.8, 4) is 0 Å². The fourth-order valence-corrected chi connectivity index (χ4v) is 4.39. The lowest BCUT2D eigenvalue weighted by atomic mass is 10.0. The molecule has 1 atom stereocenters. The second kappa shape index (κ2) is 11.6. The van der Waals surface area contributed by atoms with E-state index < -0.39 is 0 Å². The van der Waals surface area contributed by atoms with Crippen molar-refractivity contribution >= 4 is 18.2 Å². The van der Waals surface area contributed by atoms with E-state index in [-0.39, 0.29) is 24.2 Å². The molecule has 1 aromatic carbocycles. The monoisotopic (exact) mass is 442 g/mol. The Labute approximate surface area is 189 Å². The minimum atomic E-state index is -0.250. The van der Waals surface area contributed by atoms with Gasteiger partial charge in [0.25, 0.3) is 6.47 Å². The third kappa shape index (κ3) is 6.26. The first kappa shape index (κ1) is 25.3. The molecule has 1 unspecified atom stereocenters. The lowest BCUT2D eigenvalue weighted by Gasteiger charge is -2.25. The molecule has 174 valence electrons. The summed E-state index contributed by atoms with van der Waals surface area (Å²) in [5, 5.41) is 11.4. The van der Waals surface area contributed by atoms with Crippen molar-refractivity contribution < 1.29 is 19.5 Å². The molecular weight excluding hydrogens is 408 g/mol. The van der Waals surface area contributed by atoms with Gasteiger partial charge < -0.3 is 14.9 Å². The molecule has 0 aliphatic carbocycles. The fourth-order valence-electron chi connectivity index (χ4n) is 4.39. The lowest BCUT2D eigenvalue weighted by Crippen LogP contribution is -2.31. The zero-order valence-corrected chi connectivity index (χ0v) is 19.7. The van der Waals surface area contributed by atoms with E-state index in [4.69, 9.17) is 9.90 Å². The van der Waals surface area contributed by atoms with Gasteiger partial charge >= 0.3 is 0 Å². The Hall–Kier alpha value is -3.00. The maximum atomic E-state index is 13.0. The molecule has 1 saturated heterocycles. The number of Topliss-reactive ketones (excluding diaryl/α,β-unsaturated/α-hetero) is 1. The van der Waals surface area contributed by atoms with Gasteiger partial charge in [-0.3, -0.25) is 19.1 Å². The molecule has 8 nitrogen and oxygen atoms in total. The molecule has 1 amide bonds. The van der Waals surface area contributed by atoms with Gasteiger partial charge in [-0.25, -0.2) is 0 Å². The van der Waals surface area contributed by atoms with E-state index in [1.807, 2.05) is 18.7 Å². The number of benzene rings is 1. The number of hydrogen-bond acceptors (Lipinski definition) is 5. The first-order valence-electron chi connectivity index (χ1n) is 10.8. The van der Waals surface area contributed by atoms with E-state index in [1.54, 1.807) is 11.6 Å². The van der Waals surface area contributed by atoms with E-state index in [2.05, 4.69) is 48.4 Å². The van der Waals surface area contributed by atoms with Crippen LogP contribution in [0.2, 0.25) is 0 Å². The van der Waals surface area contributed by atoms with Crippen LogP contribution in [0.4, 0.5) is 0 Å². The van der Waals surface area contributed by atoms with Crippen LogP contribution in [0, 0.1) is 13.8 Å². The minimum Gasteiger partial charge on any atom is -0.483 e. The minimum absolute atomic E-state index is 0.0231. The summed E-state index contributed by atoms with van der Waals surface area (Å²) in [4.78, 5) is 37.3. The summed E-state index contributed by atoms with van der Waals surface area (Å²) < 4.78 is 1.80. The molecule has 8 heteroatoms. The Morgan fingerprint density at radius 3 is 2.38 bits per heavy atom. The van der Waals surface area contributed by atoms with Gasteiger partial charge in [0, 0.05) is 31.7 Å². The summed E-state index contributed by atoms with van der Waals surface area (Å²) in [5.74, 6) is 0.177. The highest BCUT2D eigenvalue weighted by atomic mass is 16.3. The number of carbonyl (C=O) groups excluding carboxylic acids is 2. The molecule has 0 spiro atoms. The molecular formula is C24H34N4O4. The van der Waals surface area contributed by atoms with Crippen LogP contribution in [0.5, 0.6) is 0 Å². The molecule has 0 saturated carbocycles. The smallest absolute Gasteiger partial charge is 0.290 e. The predicted octanol–water partition coefficient (Wildman–Crippen LogP) is 3.22. The molecule has 2 aromatic rings. The first-order chi connectivity index (χ1) is 15.2. The molecule has 1 N–H and O–H groups in total. The van der Waals surface area contributed by atoms with Crippen molar-refractivity contribution in [1.82, 2.24) is 19.6 Å². The Balaban J connectivity index is 0.00000114.